The van der Waals surface area contributed by atoms with Gasteiger partial charge in [0, 0.05) is 18.1 Å². The highest BCUT2D eigenvalue weighted by molar-refractivity contribution is 7.89. The van der Waals surface area contributed by atoms with Crippen LogP contribution in [0.2, 0.25) is 5.02 Å². The number of rotatable bonds is 5. The summed E-state index contributed by atoms with van der Waals surface area (Å²) >= 11 is 6.07. The molecular weight excluding hydrogens is 308 g/mol. The topological polar surface area (TPSA) is 72.2 Å². The molecule has 0 aliphatic carbocycles. The van der Waals surface area contributed by atoms with Crippen molar-refractivity contribution in [2.24, 2.45) is 5.14 Å². The fourth-order valence-corrected chi connectivity index (χ4v) is 2.61. The number of nitrogens with two attached hydrogens (primary N) is 1. The summed E-state index contributed by atoms with van der Waals surface area (Å²) in [6.45, 7) is 3.29. The monoisotopic (exact) mass is 324 g/mol. The summed E-state index contributed by atoms with van der Waals surface area (Å²) in [4.78, 5) is 0.122. The second kappa shape index (κ2) is 6.58. The van der Waals surface area contributed by atoms with Crippen LogP contribution in [0.25, 0.3) is 0 Å². The predicted molar refractivity (Wildman–Crippen MR) is 84.5 cm³/mol. The van der Waals surface area contributed by atoms with Crippen molar-refractivity contribution in [3.8, 4) is 0 Å². The molecule has 0 aliphatic heterocycles. The zero-order valence-corrected chi connectivity index (χ0v) is 13.2. The Balaban J connectivity index is 1.93. The van der Waals surface area contributed by atoms with E-state index in [1.165, 1.54) is 12.1 Å². The number of nitrogens with one attached hydrogen (secondary N) is 1. The highest BCUT2D eigenvalue weighted by Crippen LogP contribution is 2.16. The van der Waals surface area contributed by atoms with Crippen LogP contribution in [0.4, 0.5) is 0 Å². The molecule has 0 radical (unpaired) electrons. The van der Waals surface area contributed by atoms with E-state index in [1.807, 2.05) is 25.1 Å². The van der Waals surface area contributed by atoms with Crippen LogP contribution < -0.4 is 10.5 Å². The molecule has 0 saturated carbocycles. The molecule has 0 bridgehead atoms. The maximum Gasteiger partial charge on any atom is 0.238 e. The van der Waals surface area contributed by atoms with Gasteiger partial charge in [-0.2, -0.15) is 0 Å². The molecule has 0 spiro atoms. The summed E-state index contributed by atoms with van der Waals surface area (Å²) in [5.41, 5.74) is 3.14. The molecule has 0 saturated heterocycles. The molecule has 2 rings (SSSR count). The van der Waals surface area contributed by atoms with Gasteiger partial charge >= 0.3 is 0 Å². The van der Waals surface area contributed by atoms with Crippen molar-refractivity contribution in [1.29, 1.82) is 0 Å². The standard InChI is InChI=1S/C15H17ClN2O2S/c1-11-2-3-13(8-15(11)16)10-18-9-12-4-6-14(7-5-12)21(17,19)20/h2-8,18H,9-10H2,1H3,(H2,17,19,20). The highest BCUT2D eigenvalue weighted by Gasteiger charge is 2.06. The third-order valence-corrected chi connectivity index (χ3v) is 4.48. The summed E-state index contributed by atoms with van der Waals surface area (Å²) < 4.78 is 22.3. The van der Waals surface area contributed by atoms with E-state index in [9.17, 15) is 8.42 Å². The number of sulfonamides is 1. The maximum atomic E-state index is 11.2. The van der Waals surface area contributed by atoms with Gasteiger partial charge in [0.1, 0.15) is 0 Å². The molecule has 0 heterocycles. The first kappa shape index (κ1) is 16.0. The molecule has 0 unspecified atom stereocenters. The summed E-state index contributed by atoms with van der Waals surface area (Å²) in [6.07, 6.45) is 0. The van der Waals surface area contributed by atoms with E-state index in [1.54, 1.807) is 12.1 Å². The summed E-state index contributed by atoms with van der Waals surface area (Å²) in [5, 5.41) is 9.09. The number of primary sulfonamides is 1. The first-order chi connectivity index (χ1) is 9.86. The summed E-state index contributed by atoms with van der Waals surface area (Å²) in [6, 6.07) is 12.5. The third kappa shape index (κ3) is 4.54. The van der Waals surface area contributed by atoms with Crippen molar-refractivity contribution in [1.82, 2.24) is 5.32 Å². The Morgan fingerprint density at radius 2 is 1.62 bits per heavy atom. The van der Waals surface area contributed by atoms with Gasteiger partial charge in [-0.1, -0.05) is 35.9 Å². The number of hydrogen-bond donors (Lipinski definition) is 2. The number of aryl methyl sites for hydroxylation is 1. The first-order valence-corrected chi connectivity index (χ1v) is 8.36. The molecule has 3 N–H and O–H groups in total. The molecule has 112 valence electrons. The molecule has 0 atom stereocenters. The van der Waals surface area contributed by atoms with Crippen molar-refractivity contribution < 1.29 is 8.42 Å². The average molecular weight is 325 g/mol. The van der Waals surface area contributed by atoms with Crippen LogP contribution >= 0.6 is 11.6 Å². The lowest BCUT2D eigenvalue weighted by molar-refractivity contribution is 0.597. The van der Waals surface area contributed by atoms with Crippen LogP contribution in [0.3, 0.4) is 0 Å². The minimum atomic E-state index is -3.63. The second-order valence-electron chi connectivity index (χ2n) is 4.88. The first-order valence-electron chi connectivity index (χ1n) is 6.44. The normalized spacial score (nSPS) is 11.6. The lowest BCUT2D eigenvalue weighted by Crippen LogP contribution is -2.14. The minimum absolute atomic E-state index is 0.122. The Bertz CT molecular complexity index is 728. The van der Waals surface area contributed by atoms with E-state index in [2.05, 4.69) is 5.32 Å². The van der Waals surface area contributed by atoms with Crippen molar-refractivity contribution in [3.05, 3.63) is 64.2 Å². The van der Waals surface area contributed by atoms with Crippen LogP contribution in [0.15, 0.2) is 47.4 Å². The molecule has 0 aliphatic rings. The highest BCUT2D eigenvalue weighted by atomic mass is 35.5. The lowest BCUT2D eigenvalue weighted by atomic mass is 10.1. The largest absolute Gasteiger partial charge is 0.309 e. The zero-order chi connectivity index (χ0) is 15.5. The van der Waals surface area contributed by atoms with Crippen LogP contribution in [0.5, 0.6) is 0 Å². The van der Waals surface area contributed by atoms with Gasteiger partial charge in [-0.05, 0) is 41.8 Å². The SMILES string of the molecule is Cc1ccc(CNCc2ccc(S(N)(=O)=O)cc2)cc1Cl. The molecular formula is C15H17ClN2O2S. The molecule has 6 heteroatoms. The van der Waals surface area contributed by atoms with Gasteiger partial charge in [-0.15, -0.1) is 0 Å². The van der Waals surface area contributed by atoms with Gasteiger partial charge in [-0.3, -0.25) is 0 Å². The Hall–Kier alpha value is -1.40. The Kier molecular flexibility index (Phi) is 5.00. The van der Waals surface area contributed by atoms with Gasteiger partial charge in [0.2, 0.25) is 10.0 Å². The molecule has 2 aromatic rings. The van der Waals surface area contributed by atoms with Crippen LogP contribution in [0, 0.1) is 6.92 Å². The molecule has 0 amide bonds. The number of halogens is 1. The molecule has 0 fully saturated rings. The lowest BCUT2D eigenvalue weighted by Gasteiger charge is -2.07. The third-order valence-electron chi connectivity index (χ3n) is 3.15. The fraction of sp³-hybridized carbons (Fsp3) is 0.200. The van der Waals surface area contributed by atoms with Gasteiger partial charge < -0.3 is 5.32 Å². The smallest absolute Gasteiger partial charge is 0.238 e. The van der Waals surface area contributed by atoms with E-state index in [-0.39, 0.29) is 4.90 Å². The molecule has 2 aromatic carbocycles. The molecule has 4 nitrogen and oxygen atoms in total. The van der Waals surface area contributed by atoms with E-state index in [4.69, 9.17) is 16.7 Å². The van der Waals surface area contributed by atoms with Crippen LogP contribution in [-0.4, -0.2) is 8.42 Å². The summed E-state index contributed by atoms with van der Waals surface area (Å²) in [5.74, 6) is 0. The quantitative estimate of drug-likeness (QED) is 0.888. The Labute approximate surface area is 130 Å². The van der Waals surface area contributed by atoms with Crippen LogP contribution in [-0.2, 0) is 23.1 Å². The van der Waals surface area contributed by atoms with Crippen LogP contribution in [0.1, 0.15) is 16.7 Å². The van der Waals surface area contributed by atoms with Gasteiger partial charge in [-0.25, -0.2) is 13.6 Å². The van der Waals surface area contributed by atoms with Crippen molar-refractivity contribution in [3.63, 3.8) is 0 Å². The zero-order valence-electron chi connectivity index (χ0n) is 11.6. The summed E-state index contributed by atoms with van der Waals surface area (Å²) in [7, 11) is -3.63. The van der Waals surface area contributed by atoms with Gasteiger partial charge in [0.05, 0.1) is 4.90 Å². The number of benzene rings is 2. The second-order valence-corrected chi connectivity index (χ2v) is 6.84. The minimum Gasteiger partial charge on any atom is -0.309 e. The van der Waals surface area contributed by atoms with Crippen molar-refractivity contribution in [2.45, 2.75) is 24.9 Å². The Morgan fingerprint density at radius 3 is 2.19 bits per heavy atom. The van der Waals surface area contributed by atoms with E-state index in [0.717, 1.165) is 21.7 Å². The number of hydrogen-bond acceptors (Lipinski definition) is 3. The maximum absolute atomic E-state index is 11.2. The van der Waals surface area contributed by atoms with E-state index < -0.39 is 10.0 Å². The van der Waals surface area contributed by atoms with E-state index >= 15 is 0 Å². The van der Waals surface area contributed by atoms with Gasteiger partial charge in [0.25, 0.3) is 0 Å². The molecule has 0 aromatic heterocycles. The predicted octanol–water partition coefficient (Wildman–Crippen LogP) is 2.59. The molecule has 21 heavy (non-hydrogen) atoms. The fourth-order valence-electron chi connectivity index (χ4n) is 1.89. The van der Waals surface area contributed by atoms with E-state index in [0.29, 0.717) is 13.1 Å². The average Bonchev–Trinajstić information content (AvgIpc) is 2.42. The van der Waals surface area contributed by atoms with Crippen molar-refractivity contribution in [2.75, 3.05) is 0 Å². The van der Waals surface area contributed by atoms with Crippen molar-refractivity contribution >= 4 is 21.6 Å². The Morgan fingerprint density at radius 1 is 1.05 bits per heavy atom. The van der Waals surface area contributed by atoms with Gasteiger partial charge in [0.15, 0.2) is 0 Å².